The predicted molar refractivity (Wildman–Crippen MR) is 60.5 cm³/mol. The van der Waals surface area contributed by atoms with Crippen molar-refractivity contribution in [2.45, 2.75) is 26.2 Å². The summed E-state index contributed by atoms with van der Waals surface area (Å²) in [5.41, 5.74) is 0. The highest BCUT2D eigenvalue weighted by atomic mass is 16.5. The maximum Gasteiger partial charge on any atom is 0.313 e. The van der Waals surface area contributed by atoms with Gasteiger partial charge in [-0.15, -0.1) is 0 Å². The molecule has 96 valence electrons. The van der Waals surface area contributed by atoms with Gasteiger partial charge in [0, 0.05) is 25.2 Å². The zero-order valence-electron chi connectivity index (χ0n) is 9.98. The molecule has 0 bridgehead atoms. The molecule has 0 unspecified atom stereocenters. The van der Waals surface area contributed by atoms with Crippen LogP contribution >= 0.6 is 0 Å². The van der Waals surface area contributed by atoms with Crippen LogP contribution in [-0.2, 0) is 19.1 Å². The normalized spacial score (nSPS) is 17.8. The minimum atomic E-state index is -0.562. The lowest BCUT2D eigenvalue weighted by Gasteiger charge is -2.21. The van der Waals surface area contributed by atoms with Crippen LogP contribution in [0.3, 0.4) is 0 Å². The maximum absolute atomic E-state index is 11.4. The Labute approximate surface area is 100 Å². The zero-order chi connectivity index (χ0) is 12.7. The average Bonchev–Trinajstić information content (AvgIpc) is 2.30. The van der Waals surface area contributed by atoms with Crippen LogP contribution in [0.2, 0.25) is 0 Å². The third kappa shape index (κ3) is 4.99. The number of aliphatic hydroxyl groups excluding tert-OH is 1. The number of hydrogen-bond acceptors (Lipinski definition) is 5. The fraction of sp³-hybridized carbons (Fsp3) is 0.667. The number of rotatable bonds is 5. The van der Waals surface area contributed by atoms with Crippen LogP contribution in [-0.4, -0.2) is 36.7 Å². The van der Waals surface area contributed by atoms with Gasteiger partial charge in [0.1, 0.15) is 6.42 Å². The summed E-state index contributed by atoms with van der Waals surface area (Å²) in [4.78, 5) is 22.5. The minimum absolute atomic E-state index is 0.0325. The zero-order valence-corrected chi connectivity index (χ0v) is 9.98. The molecule has 5 heteroatoms. The van der Waals surface area contributed by atoms with Crippen LogP contribution in [0.25, 0.3) is 0 Å². The summed E-state index contributed by atoms with van der Waals surface area (Å²) in [6, 6.07) is 0. The topological polar surface area (TPSA) is 72.8 Å². The second-order valence-electron chi connectivity index (χ2n) is 3.90. The van der Waals surface area contributed by atoms with E-state index in [0.29, 0.717) is 26.1 Å². The van der Waals surface area contributed by atoms with Crippen LogP contribution in [0.4, 0.5) is 0 Å². The third-order valence-corrected chi connectivity index (χ3v) is 2.57. The Bertz CT molecular complexity index is 302. The molecule has 0 aromatic carbocycles. The Morgan fingerprint density at radius 2 is 2.06 bits per heavy atom. The van der Waals surface area contributed by atoms with E-state index in [1.165, 1.54) is 0 Å². The molecule has 1 N–H and O–H groups in total. The smallest absolute Gasteiger partial charge is 0.313 e. The average molecular weight is 242 g/mol. The number of esters is 1. The number of ether oxygens (including phenoxy) is 2. The molecule has 5 nitrogen and oxygen atoms in total. The van der Waals surface area contributed by atoms with Crippen molar-refractivity contribution in [2.24, 2.45) is 5.92 Å². The lowest BCUT2D eigenvalue weighted by atomic mass is 9.97. The number of carbonyl (C=O) groups is 2. The lowest BCUT2D eigenvalue weighted by Crippen LogP contribution is -2.18. The van der Waals surface area contributed by atoms with Crippen molar-refractivity contribution >= 4 is 11.8 Å². The van der Waals surface area contributed by atoms with E-state index in [9.17, 15) is 14.7 Å². The summed E-state index contributed by atoms with van der Waals surface area (Å²) in [5.74, 6) is -0.974. The van der Waals surface area contributed by atoms with Crippen LogP contribution < -0.4 is 0 Å². The van der Waals surface area contributed by atoms with E-state index in [1.807, 2.05) is 0 Å². The van der Waals surface area contributed by atoms with Gasteiger partial charge >= 0.3 is 5.97 Å². The molecule has 0 aliphatic carbocycles. The van der Waals surface area contributed by atoms with Crippen molar-refractivity contribution in [2.75, 3.05) is 19.8 Å². The summed E-state index contributed by atoms with van der Waals surface area (Å²) in [5, 5.41) is 9.72. The highest BCUT2D eigenvalue weighted by molar-refractivity contribution is 6.02. The Hall–Kier alpha value is -1.36. The monoisotopic (exact) mass is 242 g/mol. The first kappa shape index (κ1) is 13.7. The molecular weight excluding hydrogens is 224 g/mol. The highest BCUT2D eigenvalue weighted by Gasteiger charge is 2.19. The van der Waals surface area contributed by atoms with Crippen LogP contribution in [0.5, 0.6) is 0 Å². The summed E-state index contributed by atoms with van der Waals surface area (Å²) >= 11 is 0. The Balaban J connectivity index is 2.43. The first-order valence-corrected chi connectivity index (χ1v) is 5.80. The van der Waals surface area contributed by atoms with E-state index in [0.717, 1.165) is 6.08 Å². The molecule has 1 aliphatic rings. The molecule has 0 spiro atoms. The van der Waals surface area contributed by atoms with Crippen molar-refractivity contribution in [1.29, 1.82) is 0 Å². The third-order valence-electron chi connectivity index (χ3n) is 2.57. The Morgan fingerprint density at radius 3 is 2.65 bits per heavy atom. The summed E-state index contributed by atoms with van der Waals surface area (Å²) in [6.45, 7) is 3.11. The largest absolute Gasteiger partial charge is 0.512 e. The van der Waals surface area contributed by atoms with Gasteiger partial charge in [-0.05, 0) is 19.8 Å². The van der Waals surface area contributed by atoms with E-state index < -0.39 is 11.8 Å². The molecule has 1 heterocycles. The fourth-order valence-corrected chi connectivity index (χ4v) is 1.68. The van der Waals surface area contributed by atoms with Crippen LogP contribution in [0, 0.1) is 5.92 Å². The fourth-order valence-electron chi connectivity index (χ4n) is 1.68. The van der Waals surface area contributed by atoms with Crippen molar-refractivity contribution in [3.05, 3.63) is 11.8 Å². The van der Waals surface area contributed by atoms with E-state index in [-0.39, 0.29) is 24.7 Å². The summed E-state index contributed by atoms with van der Waals surface area (Å²) < 4.78 is 9.80. The Kier molecular flexibility index (Phi) is 5.69. The number of aliphatic hydroxyl groups is 1. The standard InChI is InChI=1S/C12H18O5/c1-2-17-12(15)8-10(13)7-11(14)9-3-5-16-6-4-9/h7,9,14H,2-6,8H2,1H3. The quantitative estimate of drug-likeness (QED) is 0.341. The molecular formula is C12H18O5. The Morgan fingerprint density at radius 1 is 1.41 bits per heavy atom. The molecule has 1 aliphatic heterocycles. The molecule has 0 atom stereocenters. The number of ketones is 1. The second-order valence-corrected chi connectivity index (χ2v) is 3.90. The molecule has 0 amide bonds. The van der Waals surface area contributed by atoms with Crippen molar-refractivity contribution < 1.29 is 24.2 Å². The first-order chi connectivity index (χ1) is 8.13. The molecule has 1 saturated heterocycles. The van der Waals surface area contributed by atoms with E-state index in [1.54, 1.807) is 6.92 Å². The lowest BCUT2D eigenvalue weighted by molar-refractivity contribution is -0.144. The van der Waals surface area contributed by atoms with Gasteiger partial charge in [0.05, 0.1) is 12.4 Å². The van der Waals surface area contributed by atoms with Gasteiger partial charge in [0.15, 0.2) is 5.78 Å². The number of allylic oxidation sites excluding steroid dienone is 2. The highest BCUT2D eigenvalue weighted by Crippen LogP contribution is 2.21. The van der Waals surface area contributed by atoms with E-state index in [2.05, 4.69) is 4.74 Å². The van der Waals surface area contributed by atoms with Crippen molar-refractivity contribution in [1.82, 2.24) is 0 Å². The van der Waals surface area contributed by atoms with Gasteiger partial charge in [-0.1, -0.05) is 0 Å². The SMILES string of the molecule is CCOC(=O)CC(=O)C=C(O)C1CCOCC1. The van der Waals surface area contributed by atoms with Crippen LogP contribution in [0.15, 0.2) is 11.8 Å². The van der Waals surface area contributed by atoms with Gasteiger partial charge in [0.25, 0.3) is 0 Å². The summed E-state index contributed by atoms with van der Waals surface area (Å²) in [7, 11) is 0. The molecule has 0 aromatic heterocycles. The van der Waals surface area contributed by atoms with Gasteiger partial charge in [-0.3, -0.25) is 9.59 Å². The van der Waals surface area contributed by atoms with Crippen molar-refractivity contribution in [3.63, 3.8) is 0 Å². The van der Waals surface area contributed by atoms with Gasteiger partial charge in [-0.2, -0.15) is 0 Å². The minimum Gasteiger partial charge on any atom is -0.512 e. The van der Waals surface area contributed by atoms with Gasteiger partial charge < -0.3 is 14.6 Å². The first-order valence-electron chi connectivity index (χ1n) is 5.80. The van der Waals surface area contributed by atoms with Crippen LogP contribution in [0.1, 0.15) is 26.2 Å². The second kappa shape index (κ2) is 7.06. The molecule has 0 saturated carbocycles. The van der Waals surface area contributed by atoms with Gasteiger partial charge in [-0.25, -0.2) is 0 Å². The van der Waals surface area contributed by atoms with Gasteiger partial charge in [0.2, 0.25) is 0 Å². The molecule has 0 aromatic rings. The molecule has 1 fully saturated rings. The molecule has 17 heavy (non-hydrogen) atoms. The molecule has 1 rings (SSSR count). The summed E-state index contributed by atoms with van der Waals surface area (Å²) in [6.07, 6.45) is 2.22. The van der Waals surface area contributed by atoms with Crippen molar-refractivity contribution in [3.8, 4) is 0 Å². The van der Waals surface area contributed by atoms with E-state index >= 15 is 0 Å². The maximum atomic E-state index is 11.4. The predicted octanol–water partition coefficient (Wildman–Crippen LogP) is 1.38. The number of carbonyl (C=O) groups excluding carboxylic acids is 2. The molecule has 0 radical (unpaired) electrons. The van der Waals surface area contributed by atoms with E-state index in [4.69, 9.17) is 4.74 Å². The number of hydrogen-bond donors (Lipinski definition) is 1.